The van der Waals surface area contributed by atoms with Crippen LogP contribution in [0.1, 0.15) is 30.5 Å². The molecule has 1 N–H and O–H groups in total. The zero-order valence-electron chi connectivity index (χ0n) is 16.3. The number of amides is 1. The van der Waals surface area contributed by atoms with Crippen LogP contribution in [0.4, 0.5) is 0 Å². The van der Waals surface area contributed by atoms with Crippen molar-refractivity contribution in [3.05, 3.63) is 35.4 Å². The molecule has 1 atom stereocenters. The molecule has 0 bridgehead atoms. The number of fused-ring (bicyclic) bond motifs is 3. The Labute approximate surface area is 159 Å². The first-order chi connectivity index (χ1) is 13.0. The van der Waals surface area contributed by atoms with Gasteiger partial charge in [-0.3, -0.25) is 4.79 Å². The molecule has 0 aliphatic heterocycles. The minimum Gasteiger partial charge on any atom is -0.497 e. The number of hydrogen-bond donors (Lipinski definition) is 1. The van der Waals surface area contributed by atoms with E-state index in [1.165, 1.54) is 6.92 Å². The van der Waals surface area contributed by atoms with Gasteiger partial charge in [0, 0.05) is 12.5 Å². The maximum absolute atomic E-state index is 11.8. The molecule has 6 heteroatoms. The van der Waals surface area contributed by atoms with Crippen molar-refractivity contribution in [3.63, 3.8) is 0 Å². The summed E-state index contributed by atoms with van der Waals surface area (Å²) >= 11 is 0. The quantitative estimate of drug-likeness (QED) is 0.871. The first kappa shape index (κ1) is 18.9. The van der Waals surface area contributed by atoms with Gasteiger partial charge in [-0.25, -0.2) is 0 Å². The number of nitrogens with one attached hydrogen (secondary N) is 1. The van der Waals surface area contributed by atoms with E-state index in [1.807, 2.05) is 24.3 Å². The second kappa shape index (κ2) is 7.78. The normalized spacial score (nSPS) is 15.1. The first-order valence-electron chi connectivity index (χ1n) is 8.81. The number of methoxy groups -OCH3 is 4. The molecular weight excluding hydrogens is 346 g/mol. The van der Waals surface area contributed by atoms with Crippen molar-refractivity contribution in [2.24, 2.45) is 0 Å². The molecule has 0 spiro atoms. The van der Waals surface area contributed by atoms with Crippen LogP contribution < -0.4 is 24.3 Å². The van der Waals surface area contributed by atoms with Gasteiger partial charge in [-0.15, -0.1) is 0 Å². The van der Waals surface area contributed by atoms with Gasteiger partial charge in [-0.2, -0.15) is 0 Å². The lowest BCUT2D eigenvalue weighted by Crippen LogP contribution is -2.26. The van der Waals surface area contributed by atoms with Crippen molar-refractivity contribution in [1.82, 2.24) is 5.32 Å². The molecule has 0 heterocycles. The Morgan fingerprint density at radius 1 is 0.963 bits per heavy atom. The van der Waals surface area contributed by atoms with Gasteiger partial charge in [-0.1, -0.05) is 6.07 Å². The molecule has 0 fully saturated rings. The van der Waals surface area contributed by atoms with Crippen LogP contribution in [0.5, 0.6) is 23.0 Å². The smallest absolute Gasteiger partial charge is 0.217 e. The molecule has 0 unspecified atom stereocenters. The molecule has 0 saturated heterocycles. The van der Waals surface area contributed by atoms with Crippen LogP contribution in [0.3, 0.4) is 0 Å². The van der Waals surface area contributed by atoms with Gasteiger partial charge >= 0.3 is 0 Å². The van der Waals surface area contributed by atoms with Crippen LogP contribution in [0.25, 0.3) is 11.1 Å². The maximum Gasteiger partial charge on any atom is 0.217 e. The molecule has 1 aliphatic carbocycles. The molecule has 0 radical (unpaired) electrons. The van der Waals surface area contributed by atoms with Crippen LogP contribution in [-0.4, -0.2) is 34.3 Å². The van der Waals surface area contributed by atoms with Crippen molar-refractivity contribution in [3.8, 4) is 34.1 Å². The highest BCUT2D eigenvalue weighted by Gasteiger charge is 2.29. The van der Waals surface area contributed by atoms with Crippen molar-refractivity contribution >= 4 is 5.91 Å². The van der Waals surface area contributed by atoms with Crippen molar-refractivity contribution in [2.75, 3.05) is 28.4 Å². The van der Waals surface area contributed by atoms with Crippen LogP contribution in [-0.2, 0) is 11.2 Å². The van der Waals surface area contributed by atoms with Gasteiger partial charge in [0.2, 0.25) is 11.7 Å². The molecule has 0 saturated carbocycles. The Bertz CT molecular complexity index is 862. The molecule has 6 nitrogen and oxygen atoms in total. The number of ether oxygens (including phenoxy) is 4. The summed E-state index contributed by atoms with van der Waals surface area (Å²) in [6.07, 6.45) is 1.46. The number of benzene rings is 2. The standard InChI is InChI=1S/C21H25NO5/c1-12(23)22-18-9-8-15-16(14-7-6-13(24-2)10-17(14)18)11-19(25-3)21(27-5)20(15)26-4/h6-7,10-11,18H,8-9H2,1-5H3,(H,22,23)/t18-/m0/s1. The van der Waals surface area contributed by atoms with Crippen molar-refractivity contribution in [1.29, 1.82) is 0 Å². The molecule has 1 aliphatic rings. The molecule has 27 heavy (non-hydrogen) atoms. The topological polar surface area (TPSA) is 66.0 Å². The summed E-state index contributed by atoms with van der Waals surface area (Å²) in [5, 5.41) is 3.06. The van der Waals surface area contributed by atoms with E-state index in [0.717, 1.165) is 40.8 Å². The van der Waals surface area contributed by atoms with E-state index in [4.69, 9.17) is 18.9 Å². The van der Waals surface area contributed by atoms with E-state index >= 15 is 0 Å². The summed E-state index contributed by atoms with van der Waals surface area (Å²) < 4.78 is 22.2. The van der Waals surface area contributed by atoms with Crippen molar-refractivity contribution < 1.29 is 23.7 Å². The van der Waals surface area contributed by atoms with E-state index in [0.29, 0.717) is 17.2 Å². The second-order valence-electron chi connectivity index (χ2n) is 6.42. The second-order valence-corrected chi connectivity index (χ2v) is 6.42. The van der Waals surface area contributed by atoms with Gasteiger partial charge in [0.15, 0.2) is 11.5 Å². The van der Waals surface area contributed by atoms with E-state index in [2.05, 4.69) is 5.32 Å². The van der Waals surface area contributed by atoms with Crippen LogP contribution in [0.15, 0.2) is 24.3 Å². The summed E-state index contributed by atoms with van der Waals surface area (Å²) in [7, 11) is 6.47. The molecular formula is C21H25NO5. The van der Waals surface area contributed by atoms with Crippen LogP contribution >= 0.6 is 0 Å². The summed E-state index contributed by atoms with van der Waals surface area (Å²) in [4.78, 5) is 11.8. The predicted octanol–water partition coefficient (Wildman–Crippen LogP) is 3.51. The number of hydrogen-bond acceptors (Lipinski definition) is 5. The Balaban J connectivity index is 2.28. The Morgan fingerprint density at radius 3 is 2.30 bits per heavy atom. The van der Waals surface area contributed by atoms with Gasteiger partial charge in [-0.05, 0) is 47.7 Å². The zero-order valence-corrected chi connectivity index (χ0v) is 16.3. The Hall–Kier alpha value is -2.89. The summed E-state index contributed by atoms with van der Waals surface area (Å²) in [6.45, 7) is 1.53. The van der Waals surface area contributed by atoms with Crippen molar-refractivity contribution in [2.45, 2.75) is 25.8 Å². The largest absolute Gasteiger partial charge is 0.497 e. The van der Waals surface area contributed by atoms with E-state index in [-0.39, 0.29) is 11.9 Å². The summed E-state index contributed by atoms with van der Waals surface area (Å²) in [5.41, 5.74) is 4.07. The van der Waals surface area contributed by atoms with E-state index in [9.17, 15) is 4.79 Å². The lowest BCUT2D eigenvalue weighted by Gasteiger charge is -2.20. The lowest BCUT2D eigenvalue weighted by atomic mass is 9.94. The van der Waals surface area contributed by atoms with E-state index in [1.54, 1.807) is 28.4 Å². The van der Waals surface area contributed by atoms with Crippen LogP contribution in [0.2, 0.25) is 0 Å². The third-order valence-electron chi connectivity index (χ3n) is 4.92. The fraction of sp³-hybridized carbons (Fsp3) is 0.381. The molecule has 0 aromatic heterocycles. The maximum atomic E-state index is 11.8. The molecule has 2 aromatic carbocycles. The Morgan fingerprint density at radius 2 is 1.70 bits per heavy atom. The fourth-order valence-electron chi connectivity index (χ4n) is 3.75. The zero-order chi connectivity index (χ0) is 19.6. The third-order valence-corrected chi connectivity index (χ3v) is 4.92. The minimum absolute atomic E-state index is 0.0677. The highest BCUT2D eigenvalue weighted by Crippen LogP contribution is 2.49. The lowest BCUT2D eigenvalue weighted by molar-refractivity contribution is -0.119. The SMILES string of the molecule is COc1ccc2c(c1)[C@@H](NC(C)=O)CCc1c-2cc(OC)c(OC)c1OC. The number of carbonyl (C=O) groups excluding carboxylic acids is 1. The molecule has 3 rings (SSSR count). The highest BCUT2D eigenvalue weighted by atomic mass is 16.5. The average molecular weight is 371 g/mol. The monoisotopic (exact) mass is 371 g/mol. The summed E-state index contributed by atoms with van der Waals surface area (Å²) in [6, 6.07) is 7.76. The molecule has 144 valence electrons. The average Bonchev–Trinajstić information content (AvgIpc) is 2.82. The van der Waals surface area contributed by atoms with Gasteiger partial charge in [0.1, 0.15) is 5.75 Å². The summed E-state index contributed by atoms with van der Waals surface area (Å²) in [5.74, 6) is 2.53. The predicted molar refractivity (Wildman–Crippen MR) is 103 cm³/mol. The fourth-order valence-corrected chi connectivity index (χ4v) is 3.75. The molecule has 2 aromatic rings. The van der Waals surface area contributed by atoms with Gasteiger partial charge < -0.3 is 24.3 Å². The third kappa shape index (κ3) is 3.39. The number of rotatable bonds is 5. The highest BCUT2D eigenvalue weighted by molar-refractivity contribution is 5.81. The van der Waals surface area contributed by atoms with E-state index < -0.39 is 0 Å². The van der Waals surface area contributed by atoms with Gasteiger partial charge in [0.05, 0.1) is 34.5 Å². The molecule has 1 amide bonds. The Kier molecular flexibility index (Phi) is 5.44. The van der Waals surface area contributed by atoms with Crippen LogP contribution in [0, 0.1) is 0 Å². The van der Waals surface area contributed by atoms with Gasteiger partial charge in [0.25, 0.3) is 0 Å². The first-order valence-corrected chi connectivity index (χ1v) is 8.81. The number of carbonyl (C=O) groups is 1. The minimum atomic E-state index is -0.123.